The van der Waals surface area contributed by atoms with Crippen LogP contribution in [0.4, 0.5) is 10.5 Å². The number of nitrogen functional groups attached to an aromatic ring is 1. The van der Waals surface area contributed by atoms with Crippen molar-refractivity contribution in [2.45, 2.75) is 4.90 Å². The molecule has 0 spiro atoms. The molecule has 0 unspecified atom stereocenters. The largest absolute Gasteiger partial charge is 0.399 e. The Morgan fingerprint density at radius 3 is 2.53 bits per heavy atom. The molecule has 5 N–H and O–H groups in total. The van der Waals surface area contributed by atoms with Gasteiger partial charge in [-0.3, -0.25) is 0 Å². The molecule has 0 heterocycles. The Bertz CT molecular complexity index is 500. The van der Waals surface area contributed by atoms with Crippen molar-refractivity contribution < 1.29 is 13.2 Å². The Hall–Kier alpha value is -1.47. The molecule has 0 atom stereocenters. The van der Waals surface area contributed by atoms with Crippen molar-refractivity contribution in [2.24, 2.45) is 5.73 Å². The van der Waals surface area contributed by atoms with Crippen molar-refractivity contribution in [3.05, 3.63) is 23.2 Å². The minimum Gasteiger partial charge on any atom is -0.399 e. The van der Waals surface area contributed by atoms with E-state index in [4.69, 9.17) is 23.1 Å². The molecule has 0 saturated heterocycles. The van der Waals surface area contributed by atoms with Gasteiger partial charge in [0.1, 0.15) is 4.90 Å². The first-order valence-electron chi connectivity index (χ1n) is 3.70. The summed E-state index contributed by atoms with van der Waals surface area (Å²) < 4.78 is 24.5. The third-order valence-corrected chi connectivity index (χ3v) is 3.31. The fraction of sp³-hybridized carbons (Fsp3) is 0. The number of halogens is 1. The summed E-state index contributed by atoms with van der Waals surface area (Å²) in [6.07, 6.45) is 0. The first-order valence-corrected chi connectivity index (χ1v) is 5.56. The van der Waals surface area contributed by atoms with E-state index < -0.39 is 16.1 Å². The van der Waals surface area contributed by atoms with Gasteiger partial charge < -0.3 is 11.5 Å². The predicted molar refractivity (Wildman–Crippen MR) is 55.8 cm³/mol. The molecular formula is C7H8ClN3O3S. The third kappa shape index (κ3) is 2.74. The smallest absolute Gasteiger partial charge is 0.326 e. The lowest BCUT2D eigenvalue weighted by Crippen LogP contribution is -2.35. The molecule has 0 aliphatic carbocycles. The Kier molecular flexibility index (Phi) is 3.06. The van der Waals surface area contributed by atoms with E-state index in [0.717, 1.165) is 6.07 Å². The lowest BCUT2D eigenvalue weighted by molar-refractivity contribution is 0.253. The van der Waals surface area contributed by atoms with Crippen LogP contribution in [-0.4, -0.2) is 14.4 Å². The number of sulfonamides is 1. The number of anilines is 1. The molecule has 0 aliphatic rings. The highest BCUT2D eigenvalue weighted by molar-refractivity contribution is 7.90. The maximum Gasteiger partial charge on any atom is 0.326 e. The van der Waals surface area contributed by atoms with Crippen molar-refractivity contribution in [3.63, 3.8) is 0 Å². The third-order valence-electron chi connectivity index (χ3n) is 1.48. The first-order chi connectivity index (χ1) is 6.83. The van der Waals surface area contributed by atoms with Gasteiger partial charge in [0, 0.05) is 5.69 Å². The fourth-order valence-corrected chi connectivity index (χ4v) is 2.33. The Labute approximate surface area is 91.3 Å². The maximum absolute atomic E-state index is 11.5. The summed E-state index contributed by atoms with van der Waals surface area (Å²) in [5, 5.41) is -0.0436. The summed E-state index contributed by atoms with van der Waals surface area (Å²) in [4.78, 5) is 10.2. The number of carbonyl (C=O) groups is 1. The van der Waals surface area contributed by atoms with Gasteiger partial charge in [-0.05, 0) is 18.2 Å². The van der Waals surface area contributed by atoms with Crippen LogP contribution in [0, 0.1) is 0 Å². The SMILES string of the molecule is NC(=O)NS(=O)(=O)c1cc(N)ccc1Cl. The molecule has 2 amide bonds. The van der Waals surface area contributed by atoms with Crippen molar-refractivity contribution in [1.29, 1.82) is 0 Å². The average Bonchev–Trinajstić information content (AvgIpc) is 2.06. The van der Waals surface area contributed by atoms with Gasteiger partial charge in [-0.1, -0.05) is 11.6 Å². The van der Waals surface area contributed by atoms with Crippen LogP contribution in [0.2, 0.25) is 5.02 Å². The Morgan fingerprint density at radius 2 is 2.00 bits per heavy atom. The molecule has 1 aromatic carbocycles. The molecule has 1 rings (SSSR count). The lowest BCUT2D eigenvalue weighted by atomic mass is 10.3. The standard InChI is InChI=1S/C7H8ClN3O3S/c8-5-2-1-4(9)3-6(5)15(13,14)11-7(10)12/h1-3H,9H2,(H3,10,11,12). The molecular weight excluding hydrogens is 242 g/mol. The van der Waals surface area contributed by atoms with Crippen molar-refractivity contribution in [2.75, 3.05) is 5.73 Å². The molecule has 0 aromatic heterocycles. The van der Waals surface area contributed by atoms with E-state index in [0.29, 0.717) is 0 Å². The number of primary amides is 1. The summed E-state index contributed by atoms with van der Waals surface area (Å²) in [6.45, 7) is 0. The van der Waals surface area contributed by atoms with Gasteiger partial charge in [-0.2, -0.15) is 0 Å². The van der Waals surface area contributed by atoms with Crippen LogP contribution in [0.15, 0.2) is 23.1 Å². The second-order valence-electron chi connectivity index (χ2n) is 2.66. The van der Waals surface area contributed by atoms with Crippen LogP contribution in [0.5, 0.6) is 0 Å². The van der Waals surface area contributed by atoms with Gasteiger partial charge in [0.2, 0.25) is 0 Å². The summed E-state index contributed by atoms with van der Waals surface area (Å²) >= 11 is 5.64. The Morgan fingerprint density at radius 1 is 1.40 bits per heavy atom. The van der Waals surface area contributed by atoms with Crippen molar-refractivity contribution >= 4 is 33.3 Å². The lowest BCUT2D eigenvalue weighted by Gasteiger charge is -2.06. The number of amides is 2. The zero-order valence-corrected chi connectivity index (χ0v) is 8.97. The number of benzene rings is 1. The number of hydrogen-bond acceptors (Lipinski definition) is 4. The second kappa shape index (κ2) is 3.95. The van der Waals surface area contributed by atoms with Gasteiger partial charge >= 0.3 is 6.03 Å². The summed E-state index contributed by atoms with van der Waals surface area (Å²) in [7, 11) is -4.05. The predicted octanol–water partition coefficient (Wildman–Crippen LogP) is 0.279. The highest BCUT2D eigenvalue weighted by atomic mass is 35.5. The molecule has 8 heteroatoms. The number of hydrogen-bond donors (Lipinski definition) is 3. The number of rotatable bonds is 2. The minimum atomic E-state index is -4.05. The van der Waals surface area contributed by atoms with E-state index >= 15 is 0 Å². The zero-order valence-electron chi connectivity index (χ0n) is 7.40. The van der Waals surface area contributed by atoms with Crippen molar-refractivity contribution in [3.8, 4) is 0 Å². The van der Waals surface area contributed by atoms with Gasteiger partial charge in [0.25, 0.3) is 10.0 Å². The number of urea groups is 1. The highest BCUT2D eigenvalue weighted by Gasteiger charge is 2.19. The quantitative estimate of drug-likeness (QED) is 0.653. The maximum atomic E-state index is 11.5. The molecule has 15 heavy (non-hydrogen) atoms. The molecule has 82 valence electrons. The Balaban J connectivity index is 3.26. The van der Waals surface area contributed by atoms with E-state index in [2.05, 4.69) is 0 Å². The highest BCUT2D eigenvalue weighted by Crippen LogP contribution is 2.23. The van der Waals surface area contributed by atoms with Crippen LogP contribution >= 0.6 is 11.6 Å². The molecule has 0 saturated carbocycles. The van der Waals surface area contributed by atoms with E-state index in [9.17, 15) is 13.2 Å². The van der Waals surface area contributed by atoms with Gasteiger partial charge in [0.15, 0.2) is 0 Å². The number of nitrogens with one attached hydrogen (secondary N) is 1. The van der Waals surface area contributed by atoms with E-state index in [1.165, 1.54) is 12.1 Å². The monoisotopic (exact) mass is 249 g/mol. The van der Waals surface area contributed by atoms with Gasteiger partial charge in [-0.25, -0.2) is 17.9 Å². The van der Waals surface area contributed by atoms with Gasteiger partial charge in [0.05, 0.1) is 5.02 Å². The average molecular weight is 250 g/mol. The van der Waals surface area contributed by atoms with Gasteiger partial charge in [-0.15, -0.1) is 0 Å². The minimum absolute atomic E-state index is 0.0436. The molecule has 6 nitrogen and oxygen atoms in total. The molecule has 1 aromatic rings. The van der Waals surface area contributed by atoms with Crippen LogP contribution in [0.1, 0.15) is 0 Å². The molecule has 0 fully saturated rings. The first kappa shape index (κ1) is 11.6. The van der Waals surface area contributed by atoms with E-state index in [1.54, 1.807) is 4.72 Å². The number of carbonyl (C=O) groups excluding carboxylic acids is 1. The summed E-state index contributed by atoms with van der Waals surface area (Å²) in [6, 6.07) is 2.69. The topological polar surface area (TPSA) is 115 Å². The fourth-order valence-electron chi connectivity index (χ4n) is 0.913. The van der Waals surface area contributed by atoms with E-state index in [-0.39, 0.29) is 15.6 Å². The molecule has 0 bridgehead atoms. The van der Waals surface area contributed by atoms with Crippen LogP contribution in [0.25, 0.3) is 0 Å². The zero-order chi connectivity index (χ0) is 11.6. The summed E-state index contributed by atoms with van der Waals surface area (Å²) in [5.74, 6) is 0. The van der Waals surface area contributed by atoms with Crippen LogP contribution < -0.4 is 16.2 Å². The second-order valence-corrected chi connectivity index (χ2v) is 4.72. The van der Waals surface area contributed by atoms with Crippen molar-refractivity contribution in [1.82, 2.24) is 4.72 Å². The van der Waals surface area contributed by atoms with Crippen LogP contribution in [0.3, 0.4) is 0 Å². The summed E-state index contributed by atoms with van der Waals surface area (Å²) in [5.41, 5.74) is 10.3. The number of nitrogens with two attached hydrogens (primary N) is 2. The van der Waals surface area contributed by atoms with E-state index in [1.807, 2.05) is 0 Å². The molecule has 0 radical (unpaired) electrons. The van der Waals surface area contributed by atoms with Crippen LogP contribution in [-0.2, 0) is 10.0 Å². The molecule has 0 aliphatic heterocycles. The normalized spacial score (nSPS) is 11.0.